The van der Waals surface area contributed by atoms with Gasteiger partial charge in [0.25, 0.3) is 0 Å². The van der Waals surface area contributed by atoms with Crippen molar-refractivity contribution < 1.29 is 4.39 Å². The van der Waals surface area contributed by atoms with Gasteiger partial charge in [-0.25, -0.2) is 4.39 Å². The Hall–Kier alpha value is -0.890. The normalized spacial score (nSPS) is 13.3. The molecule has 1 nitrogen and oxygen atoms in total. The van der Waals surface area contributed by atoms with Crippen LogP contribution in [-0.2, 0) is 0 Å². The van der Waals surface area contributed by atoms with E-state index in [1.807, 2.05) is 19.2 Å². The van der Waals surface area contributed by atoms with Crippen LogP contribution in [0.15, 0.2) is 18.2 Å². The monoisotopic (exact) mass is 195 g/mol. The van der Waals surface area contributed by atoms with E-state index in [9.17, 15) is 4.39 Å². The molecule has 78 valence electrons. The fraction of sp³-hybridized carbons (Fsp3) is 0.500. The van der Waals surface area contributed by atoms with Crippen LogP contribution in [0.5, 0.6) is 0 Å². The summed E-state index contributed by atoms with van der Waals surface area (Å²) in [7, 11) is 1.91. The molecule has 1 rings (SSSR count). The molecule has 0 heterocycles. The van der Waals surface area contributed by atoms with Crippen LogP contribution in [0.1, 0.15) is 31.0 Å². The van der Waals surface area contributed by atoms with E-state index in [2.05, 4.69) is 19.2 Å². The number of nitrogens with one attached hydrogen (secondary N) is 1. The molecule has 14 heavy (non-hydrogen) atoms. The van der Waals surface area contributed by atoms with Crippen LogP contribution in [0.2, 0.25) is 0 Å². The second-order valence-electron chi connectivity index (χ2n) is 4.02. The van der Waals surface area contributed by atoms with Gasteiger partial charge >= 0.3 is 0 Å². The van der Waals surface area contributed by atoms with Crippen molar-refractivity contribution in [2.75, 3.05) is 7.05 Å². The Balaban J connectivity index is 3.00. The lowest BCUT2D eigenvalue weighted by Crippen LogP contribution is -2.21. The summed E-state index contributed by atoms with van der Waals surface area (Å²) < 4.78 is 13.3. The van der Waals surface area contributed by atoms with E-state index in [1.54, 1.807) is 13.0 Å². The zero-order chi connectivity index (χ0) is 10.7. The van der Waals surface area contributed by atoms with Gasteiger partial charge in [-0.2, -0.15) is 0 Å². The van der Waals surface area contributed by atoms with Gasteiger partial charge in [0.15, 0.2) is 0 Å². The third-order valence-corrected chi connectivity index (χ3v) is 2.53. The minimum absolute atomic E-state index is 0.122. The number of aryl methyl sites for hydroxylation is 1. The van der Waals surface area contributed by atoms with E-state index in [0.29, 0.717) is 11.5 Å². The fourth-order valence-corrected chi connectivity index (χ4v) is 1.69. The minimum atomic E-state index is -0.122. The van der Waals surface area contributed by atoms with Crippen molar-refractivity contribution in [3.05, 3.63) is 35.1 Å². The van der Waals surface area contributed by atoms with Crippen LogP contribution in [0.4, 0.5) is 4.39 Å². The fourth-order valence-electron chi connectivity index (χ4n) is 1.69. The van der Waals surface area contributed by atoms with Gasteiger partial charge in [0.05, 0.1) is 0 Å². The number of halogens is 1. The number of hydrogen-bond donors (Lipinski definition) is 1. The molecule has 2 heteroatoms. The van der Waals surface area contributed by atoms with Gasteiger partial charge in [-0.05, 0) is 37.1 Å². The van der Waals surface area contributed by atoms with Crippen LogP contribution in [-0.4, -0.2) is 7.05 Å². The smallest absolute Gasteiger partial charge is 0.126 e. The first-order valence-electron chi connectivity index (χ1n) is 4.99. The lowest BCUT2D eigenvalue weighted by Gasteiger charge is -2.20. The first-order chi connectivity index (χ1) is 6.56. The summed E-state index contributed by atoms with van der Waals surface area (Å²) in [4.78, 5) is 0. The summed E-state index contributed by atoms with van der Waals surface area (Å²) in [6, 6.07) is 5.66. The SMILES string of the molecule is CNC(c1ccc(C)c(F)c1)C(C)C. The largest absolute Gasteiger partial charge is 0.313 e. The molecule has 0 saturated heterocycles. The molecule has 0 aliphatic rings. The quantitative estimate of drug-likeness (QED) is 0.781. The van der Waals surface area contributed by atoms with E-state index in [4.69, 9.17) is 0 Å². The van der Waals surface area contributed by atoms with Gasteiger partial charge in [-0.1, -0.05) is 26.0 Å². The van der Waals surface area contributed by atoms with Crippen LogP contribution in [0.25, 0.3) is 0 Å². The highest BCUT2D eigenvalue weighted by molar-refractivity contribution is 5.26. The summed E-state index contributed by atoms with van der Waals surface area (Å²) in [6.07, 6.45) is 0. The topological polar surface area (TPSA) is 12.0 Å². The van der Waals surface area contributed by atoms with Crippen molar-refractivity contribution in [3.63, 3.8) is 0 Å². The third kappa shape index (κ3) is 2.32. The predicted molar refractivity (Wildman–Crippen MR) is 57.8 cm³/mol. The lowest BCUT2D eigenvalue weighted by molar-refractivity contribution is 0.440. The molecular formula is C12H18FN. The average Bonchev–Trinajstić information content (AvgIpc) is 2.11. The molecule has 0 saturated carbocycles. The predicted octanol–water partition coefficient (Wildman–Crippen LogP) is 3.05. The molecule has 1 aromatic carbocycles. The molecule has 0 spiro atoms. The molecular weight excluding hydrogens is 177 g/mol. The highest BCUT2D eigenvalue weighted by Gasteiger charge is 2.14. The second-order valence-corrected chi connectivity index (χ2v) is 4.02. The maximum atomic E-state index is 13.3. The van der Waals surface area contributed by atoms with Gasteiger partial charge in [-0.3, -0.25) is 0 Å². The van der Waals surface area contributed by atoms with Gasteiger partial charge in [0.1, 0.15) is 5.82 Å². The molecule has 1 aromatic rings. The molecule has 0 radical (unpaired) electrons. The van der Waals surface area contributed by atoms with Crippen molar-refractivity contribution in [1.29, 1.82) is 0 Å². The maximum absolute atomic E-state index is 13.3. The Labute approximate surface area is 85.3 Å². The molecule has 1 atom stereocenters. The first-order valence-corrected chi connectivity index (χ1v) is 4.99. The lowest BCUT2D eigenvalue weighted by atomic mass is 9.95. The molecule has 0 aliphatic heterocycles. The van der Waals surface area contributed by atoms with Gasteiger partial charge < -0.3 is 5.32 Å². The standard InChI is InChI=1S/C12H18FN/c1-8(2)12(14-4)10-6-5-9(3)11(13)7-10/h5-8,12,14H,1-4H3. The van der Waals surface area contributed by atoms with Gasteiger partial charge in [-0.15, -0.1) is 0 Å². The number of benzene rings is 1. The molecule has 0 bridgehead atoms. The summed E-state index contributed by atoms with van der Waals surface area (Å²) in [6.45, 7) is 6.03. The first kappa shape index (κ1) is 11.2. The molecule has 0 aliphatic carbocycles. The highest BCUT2D eigenvalue weighted by atomic mass is 19.1. The average molecular weight is 195 g/mol. The maximum Gasteiger partial charge on any atom is 0.126 e. The Kier molecular flexibility index (Phi) is 3.64. The molecule has 1 unspecified atom stereocenters. The summed E-state index contributed by atoms with van der Waals surface area (Å²) in [5.74, 6) is 0.338. The highest BCUT2D eigenvalue weighted by Crippen LogP contribution is 2.22. The number of hydrogen-bond acceptors (Lipinski definition) is 1. The zero-order valence-corrected chi connectivity index (χ0v) is 9.26. The third-order valence-electron chi connectivity index (χ3n) is 2.53. The van der Waals surface area contributed by atoms with Crippen LogP contribution < -0.4 is 5.32 Å². The van der Waals surface area contributed by atoms with Crippen molar-refractivity contribution in [2.45, 2.75) is 26.8 Å². The Bertz CT molecular complexity index is 307. The van der Waals surface area contributed by atoms with E-state index in [0.717, 1.165) is 5.56 Å². The van der Waals surface area contributed by atoms with Gasteiger partial charge in [0.2, 0.25) is 0 Å². The van der Waals surface area contributed by atoms with Crippen molar-refractivity contribution >= 4 is 0 Å². The second kappa shape index (κ2) is 4.56. The Morgan fingerprint density at radius 1 is 1.29 bits per heavy atom. The summed E-state index contributed by atoms with van der Waals surface area (Å²) >= 11 is 0. The molecule has 0 amide bonds. The summed E-state index contributed by atoms with van der Waals surface area (Å²) in [5, 5.41) is 3.20. The van der Waals surface area contributed by atoms with E-state index in [-0.39, 0.29) is 11.9 Å². The van der Waals surface area contributed by atoms with Crippen LogP contribution >= 0.6 is 0 Å². The zero-order valence-electron chi connectivity index (χ0n) is 9.26. The van der Waals surface area contributed by atoms with Crippen molar-refractivity contribution in [3.8, 4) is 0 Å². The molecule has 0 fully saturated rings. The van der Waals surface area contributed by atoms with E-state index >= 15 is 0 Å². The van der Waals surface area contributed by atoms with E-state index in [1.165, 1.54) is 0 Å². The van der Waals surface area contributed by atoms with Crippen molar-refractivity contribution in [2.24, 2.45) is 5.92 Å². The van der Waals surface area contributed by atoms with Crippen molar-refractivity contribution in [1.82, 2.24) is 5.32 Å². The van der Waals surface area contributed by atoms with Crippen LogP contribution in [0.3, 0.4) is 0 Å². The number of rotatable bonds is 3. The Morgan fingerprint density at radius 2 is 1.93 bits per heavy atom. The molecule has 1 N–H and O–H groups in total. The molecule has 0 aromatic heterocycles. The summed E-state index contributed by atoms with van der Waals surface area (Å²) in [5.41, 5.74) is 1.72. The minimum Gasteiger partial charge on any atom is -0.313 e. The van der Waals surface area contributed by atoms with Gasteiger partial charge in [0, 0.05) is 6.04 Å². The van der Waals surface area contributed by atoms with Crippen LogP contribution in [0, 0.1) is 18.7 Å². The Morgan fingerprint density at radius 3 is 2.36 bits per heavy atom. The van der Waals surface area contributed by atoms with E-state index < -0.39 is 0 Å².